The SMILES string of the molecule is C.CC[N+](CC)=C(Cl)c1cccc(C)c1. The van der Waals surface area contributed by atoms with Crippen molar-refractivity contribution >= 4 is 16.8 Å². The average Bonchev–Trinajstić information content (AvgIpc) is 2.19. The molecule has 0 spiro atoms. The van der Waals surface area contributed by atoms with Crippen molar-refractivity contribution in [2.45, 2.75) is 28.2 Å². The van der Waals surface area contributed by atoms with Crippen molar-refractivity contribution in [3.63, 3.8) is 0 Å². The largest absolute Gasteiger partial charge is 0.276 e. The van der Waals surface area contributed by atoms with Crippen LogP contribution in [0.15, 0.2) is 24.3 Å². The van der Waals surface area contributed by atoms with E-state index >= 15 is 0 Å². The highest BCUT2D eigenvalue weighted by Gasteiger charge is 2.10. The van der Waals surface area contributed by atoms with Gasteiger partial charge in [-0.2, -0.15) is 0 Å². The van der Waals surface area contributed by atoms with Gasteiger partial charge in [-0.1, -0.05) is 25.1 Å². The lowest BCUT2D eigenvalue weighted by molar-refractivity contribution is -0.517. The van der Waals surface area contributed by atoms with Crippen molar-refractivity contribution in [3.8, 4) is 0 Å². The molecule has 84 valence electrons. The highest BCUT2D eigenvalue weighted by atomic mass is 35.5. The van der Waals surface area contributed by atoms with Crippen LogP contribution in [0, 0.1) is 6.92 Å². The van der Waals surface area contributed by atoms with Crippen LogP contribution in [-0.2, 0) is 0 Å². The molecule has 0 aliphatic carbocycles. The van der Waals surface area contributed by atoms with Crippen molar-refractivity contribution in [2.24, 2.45) is 0 Å². The highest BCUT2D eigenvalue weighted by Crippen LogP contribution is 2.08. The van der Waals surface area contributed by atoms with Crippen molar-refractivity contribution in [1.82, 2.24) is 0 Å². The number of halogens is 1. The van der Waals surface area contributed by atoms with Crippen LogP contribution in [0.25, 0.3) is 0 Å². The summed E-state index contributed by atoms with van der Waals surface area (Å²) in [5.41, 5.74) is 2.35. The van der Waals surface area contributed by atoms with Crippen LogP contribution in [0.2, 0.25) is 0 Å². The normalized spacial score (nSPS) is 9.33. The number of hydrogen-bond acceptors (Lipinski definition) is 0. The molecule has 1 rings (SSSR count). The van der Waals surface area contributed by atoms with Gasteiger partial charge >= 0.3 is 0 Å². The van der Waals surface area contributed by atoms with Crippen molar-refractivity contribution in [1.29, 1.82) is 0 Å². The Hall–Kier alpha value is -0.820. The predicted molar refractivity (Wildman–Crippen MR) is 69.2 cm³/mol. The van der Waals surface area contributed by atoms with E-state index in [-0.39, 0.29) is 7.43 Å². The molecular formula is C13H21ClN+. The van der Waals surface area contributed by atoms with Crippen LogP contribution in [0.1, 0.15) is 32.4 Å². The number of benzene rings is 1. The molecule has 0 saturated heterocycles. The Balaban J connectivity index is 0.00000196. The van der Waals surface area contributed by atoms with Gasteiger partial charge in [-0.15, -0.1) is 0 Å². The summed E-state index contributed by atoms with van der Waals surface area (Å²) < 4.78 is 2.15. The zero-order chi connectivity index (χ0) is 10.6. The van der Waals surface area contributed by atoms with Crippen molar-refractivity contribution in [3.05, 3.63) is 35.4 Å². The fraction of sp³-hybridized carbons (Fsp3) is 0.462. The van der Waals surface area contributed by atoms with Crippen LogP contribution in [0.4, 0.5) is 0 Å². The predicted octanol–water partition coefficient (Wildman–Crippen LogP) is 3.67. The quantitative estimate of drug-likeness (QED) is 0.547. The molecule has 0 N–H and O–H groups in total. The lowest BCUT2D eigenvalue weighted by Gasteiger charge is -2.02. The number of hydrogen-bond donors (Lipinski definition) is 0. The number of rotatable bonds is 3. The van der Waals surface area contributed by atoms with Crippen LogP contribution >= 0.6 is 11.6 Å². The molecule has 1 nitrogen and oxygen atoms in total. The van der Waals surface area contributed by atoms with Gasteiger partial charge < -0.3 is 0 Å². The van der Waals surface area contributed by atoms with Crippen molar-refractivity contribution in [2.75, 3.05) is 13.1 Å². The Morgan fingerprint density at radius 2 is 1.87 bits per heavy atom. The van der Waals surface area contributed by atoms with E-state index in [1.165, 1.54) is 5.56 Å². The zero-order valence-corrected chi connectivity index (χ0v) is 9.80. The number of aryl methyl sites for hydroxylation is 1. The summed E-state index contributed by atoms with van der Waals surface area (Å²) in [5.74, 6) is 0. The van der Waals surface area contributed by atoms with Crippen LogP contribution in [0.5, 0.6) is 0 Å². The molecule has 0 saturated carbocycles. The van der Waals surface area contributed by atoms with E-state index < -0.39 is 0 Å². The van der Waals surface area contributed by atoms with Gasteiger partial charge in [-0.3, -0.25) is 0 Å². The van der Waals surface area contributed by atoms with Gasteiger partial charge in [-0.05, 0) is 44.5 Å². The van der Waals surface area contributed by atoms with Gasteiger partial charge in [-0.25, -0.2) is 4.58 Å². The third-order valence-electron chi connectivity index (χ3n) is 2.30. The van der Waals surface area contributed by atoms with Gasteiger partial charge in [0.1, 0.15) is 13.1 Å². The van der Waals surface area contributed by atoms with Gasteiger partial charge in [0.25, 0.3) is 5.17 Å². The number of nitrogens with zero attached hydrogens (tertiary/aromatic N) is 1. The van der Waals surface area contributed by atoms with E-state index in [1.807, 2.05) is 12.1 Å². The molecule has 0 atom stereocenters. The molecule has 1 aromatic rings. The Kier molecular flexibility index (Phi) is 6.26. The van der Waals surface area contributed by atoms with E-state index in [0.29, 0.717) is 0 Å². The minimum atomic E-state index is 0. The minimum Gasteiger partial charge on any atom is -0.220 e. The molecule has 0 heterocycles. The Bertz CT molecular complexity index is 336. The van der Waals surface area contributed by atoms with E-state index in [2.05, 4.69) is 37.5 Å². The molecular weight excluding hydrogens is 206 g/mol. The first kappa shape index (κ1) is 14.2. The monoisotopic (exact) mass is 226 g/mol. The van der Waals surface area contributed by atoms with Gasteiger partial charge in [0.05, 0.1) is 5.56 Å². The molecule has 0 unspecified atom stereocenters. The molecule has 15 heavy (non-hydrogen) atoms. The lowest BCUT2D eigenvalue weighted by atomic mass is 10.1. The Labute approximate surface area is 98.4 Å². The third-order valence-corrected chi connectivity index (χ3v) is 2.75. The fourth-order valence-electron chi connectivity index (χ4n) is 1.46. The van der Waals surface area contributed by atoms with Gasteiger partial charge in [0.15, 0.2) is 0 Å². The van der Waals surface area contributed by atoms with E-state index in [4.69, 9.17) is 11.6 Å². The first-order chi connectivity index (χ1) is 6.69. The topological polar surface area (TPSA) is 3.01 Å². The maximum atomic E-state index is 6.29. The Morgan fingerprint density at radius 1 is 1.27 bits per heavy atom. The van der Waals surface area contributed by atoms with Crippen LogP contribution < -0.4 is 0 Å². The van der Waals surface area contributed by atoms with Crippen LogP contribution in [0.3, 0.4) is 0 Å². The second kappa shape index (κ2) is 6.62. The fourth-order valence-corrected chi connectivity index (χ4v) is 1.81. The van der Waals surface area contributed by atoms with Gasteiger partial charge in [0.2, 0.25) is 0 Å². The second-order valence-corrected chi connectivity index (χ2v) is 3.69. The maximum absolute atomic E-state index is 6.29. The molecule has 0 aliphatic heterocycles. The molecule has 0 fully saturated rings. The smallest absolute Gasteiger partial charge is 0.220 e. The maximum Gasteiger partial charge on any atom is 0.276 e. The first-order valence-electron chi connectivity index (χ1n) is 5.03. The molecule has 0 bridgehead atoms. The summed E-state index contributed by atoms with van der Waals surface area (Å²) in [6.45, 7) is 8.20. The summed E-state index contributed by atoms with van der Waals surface area (Å²) in [4.78, 5) is 0. The van der Waals surface area contributed by atoms with E-state index in [1.54, 1.807) is 0 Å². The highest BCUT2D eigenvalue weighted by molar-refractivity contribution is 6.68. The molecule has 0 radical (unpaired) electrons. The van der Waals surface area contributed by atoms with Crippen LogP contribution in [-0.4, -0.2) is 22.8 Å². The van der Waals surface area contributed by atoms with Crippen molar-refractivity contribution < 1.29 is 4.58 Å². The van der Waals surface area contributed by atoms with E-state index in [9.17, 15) is 0 Å². The minimum absolute atomic E-state index is 0. The molecule has 0 aliphatic rings. The summed E-state index contributed by atoms with van der Waals surface area (Å²) >= 11 is 6.29. The summed E-state index contributed by atoms with van der Waals surface area (Å²) in [5, 5.41) is 0.846. The molecule has 0 amide bonds. The second-order valence-electron chi connectivity index (χ2n) is 3.33. The third kappa shape index (κ3) is 3.67. The molecule has 0 aromatic heterocycles. The Morgan fingerprint density at radius 3 is 2.33 bits per heavy atom. The van der Waals surface area contributed by atoms with E-state index in [0.717, 1.165) is 23.8 Å². The first-order valence-corrected chi connectivity index (χ1v) is 5.41. The summed E-state index contributed by atoms with van der Waals surface area (Å²) in [7, 11) is 0. The summed E-state index contributed by atoms with van der Waals surface area (Å²) in [6, 6.07) is 8.28. The zero-order valence-electron chi connectivity index (χ0n) is 9.05. The summed E-state index contributed by atoms with van der Waals surface area (Å²) in [6.07, 6.45) is 0. The lowest BCUT2D eigenvalue weighted by Crippen LogP contribution is -2.18. The molecule has 1 aromatic carbocycles. The van der Waals surface area contributed by atoms with Gasteiger partial charge in [0, 0.05) is 0 Å². The average molecular weight is 227 g/mol. The standard InChI is InChI=1S/C12H17ClN.CH4/c1-4-14(5-2)12(13)11-8-6-7-10(3)9-11;/h6-9H,4-5H2,1-3H3;1H4/q+1;. The molecule has 2 heteroatoms.